The van der Waals surface area contributed by atoms with Crippen LogP contribution in [-0.2, 0) is 0 Å². The molecule has 4 heteroatoms. The average Bonchev–Trinajstić information content (AvgIpc) is 2.67. The minimum atomic E-state index is -0.192. The second-order valence-corrected chi connectivity index (χ2v) is 5.92. The first kappa shape index (κ1) is 14.2. The standard InChI is InChI=1S/C15H19FN2S/c1-5-17-14(15-18-10(3)11(4)19-15)13-7-6-12(16)8-9(13)2/h6-8,14,17H,5H2,1-4H3. The number of halogens is 1. The highest BCUT2D eigenvalue weighted by Crippen LogP contribution is 2.29. The molecule has 19 heavy (non-hydrogen) atoms. The number of hydrogen-bond acceptors (Lipinski definition) is 3. The van der Waals surface area contributed by atoms with Crippen LogP contribution >= 0.6 is 11.3 Å². The van der Waals surface area contributed by atoms with E-state index < -0.39 is 0 Å². The third kappa shape index (κ3) is 3.01. The van der Waals surface area contributed by atoms with Crippen LogP contribution in [0.25, 0.3) is 0 Å². The molecule has 102 valence electrons. The summed E-state index contributed by atoms with van der Waals surface area (Å²) in [5, 5.41) is 4.49. The summed E-state index contributed by atoms with van der Waals surface area (Å²) in [6.45, 7) is 8.96. The van der Waals surface area contributed by atoms with Gasteiger partial charge in [0, 0.05) is 4.88 Å². The number of hydrogen-bond donors (Lipinski definition) is 1. The highest BCUT2D eigenvalue weighted by atomic mass is 32.1. The van der Waals surface area contributed by atoms with Crippen molar-refractivity contribution in [2.75, 3.05) is 6.54 Å². The Labute approximate surface area is 117 Å². The predicted octanol–water partition coefficient (Wildman–Crippen LogP) is 3.91. The molecule has 0 aliphatic rings. The zero-order valence-electron chi connectivity index (χ0n) is 11.7. The Hall–Kier alpha value is -1.26. The van der Waals surface area contributed by atoms with Gasteiger partial charge < -0.3 is 5.32 Å². The van der Waals surface area contributed by atoms with Gasteiger partial charge in [-0.25, -0.2) is 9.37 Å². The Balaban J connectivity index is 2.44. The zero-order valence-corrected chi connectivity index (χ0v) is 12.6. The van der Waals surface area contributed by atoms with E-state index in [9.17, 15) is 4.39 Å². The Morgan fingerprint density at radius 2 is 2.05 bits per heavy atom. The molecule has 2 aromatic rings. The number of aryl methyl sites for hydroxylation is 3. The maximum absolute atomic E-state index is 13.2. The fraction of sp³-hybridized carbons (Fsp3) is 0.400. The van der Waals surface area contributed by atoms with Crippen LogP contribution in [0.3, 0.4) is 0 Å². The van der Waals surface area contributed by atoms with Crippen LogP contribution in [0.5, 0.6) is 0 Å². The van der Waals surface area contributed by atoms with Gasteiger partial charge in [0.1, 0.15) is 10.8 Å². The summed E-state index contributed by atoms with van der Waals surface area (Å²) in [7, 11) is 0. The third-order valence-corrected chi connectivity index (χ3v) is 4.38. The average molecular weight is 278 g/mol. The van der Waals surface area contributed by atoms with E-state index >= 15 is 0 Å². The van der Waals surface area contributed by atoms with E-state index in [-0.39, 0.29) is 11.9 Å². The van der Waals surface area contributed by atoms with Crippen LogP contribution in [0.15, 0.2) is 18.2 Å². The molecule has 0 aliphatic carbocycles. The van der Waals surface area contributed by atoms with Crippen LogP contribution in [0, 0.1) is 26.6 Å². The van der Waals surface area contributed by atoms with Crippen molar-refractivity contribution in [3.63, 3.8) is 0 Å². The molecule has 1 aromatic heterocycles. The second kappa shape index (κ2) is 5.80. The SMILES string of the molecule is CCNC(c1nc(C)c(C)s1)c1ccc(F)cc1C. The topological polar surface area (TPSA) is 24.9 Å². The lowest BCUT2D eigenvalue weighted by Gasteiger charge is -2.18. The van der Waals surface area contributed by atoms with Crippen molar-refractivity contribution in [3.8, 4) is 0 Å². The van der Waals surface area contributed by atoms with E-state index in [0.717, 1.165) is 28.4 Å². The monoisotopic (exact) mass is 278 g/mol. The molecule has 0 spiro atoms. The van der Waals surface area contributed by atoms with Gasteiger partial charge in [-0.1, -0.05) is 13.0 Å². The number of nitrogens with zero attached hydrogens (tertiary/aromatic N) is 1. The Kier molecular flexibility index (Phi) is 4.32. The Bertz CT molecular complexity index is 558. The zero-order chi connectivity index (χ0) is 14.0. The van der Waals surface area contributed by atoms with Gasteiger partial charge >= 0.3 is 0 Å². The summed E-state index contributed by atoms with van der Waals surface area (Å²) in [4.78, 5) is 5.87. The lowest BCUT2D eigenvalue weighted by molar-refractivity contribution is 0.608. The summed E-state index contributed by atoms with van der Waals surface area (Å²) in [6, 6.07) is 4.99. The first-order valence-electron chi connectivity index (χ1n) is 6.46. The molecule has 0 aliphatic heterocycles. The summed E-state index contributed by atoms with van der Waals surface area (Å²) < 4.78 is 13.2. The quantitative estimate of drug-likeness (QED) is 0.917. The highest BCUT2D eigenvalue weighted by Gasteiger charge is 2.19. The van der Waals surface area contributed by atoms with E-state index in [4.69, 9.17) is 0 Å². The number of nitrogens with one attached hydrogen (secondary N) is 1. The molecule has 1 aromatic carbocycles. The predicted molar refractivity (Wildman–Crippen MR) is 78.2 cm³/mol. The molecule has 1 N–H and O–H groups in total. The fourth-order valence-electron chi connectivity index (χ4n) is 2.12. The molecule has 2 nitrogen and oxygen atoms in total. The molecular weight excluding hydrogens is 259 g/mol. The van der Waals surface area contributed by atoms with Crippen molar-refractivity contribution in [1.29, 1.82) is 0 Å². The van der Waals surface area contributed by atoms with Crippen molar-refractivity contribution in [2.45, 2.75) is 33.7 Å². The van der Waals surface area contributed by atoms with Gasteiger partial charge in [-0.15, -0.1) is 11.3 Å². The number of thiazole rings is 1. The van der Waals surface area contributed by atoms with Crippen LogP contribution in [-0.4, -0.2) is 11.5 Å². The molecule has 1 heterocycles. The minimum Gasteiger partial charge on any atom is -0.305 e. The Morgan fingerprint density at radius 1 is 1.32 bits per heavy atom. The smallest absolute Gasteiger partial charge is 0.123 e. The fourth-order valence-corrected chi connectivity index (χ4v) is 3.14. The van der Waals surface area contributed by atoms with Crippen molar-refractivity contribution >= 4 is 11.3 Å². The lowest BCUT2D eigenvalue weighted by Crippen LogP contribution is -2.22. The normalized spacial score (nSPS) is 12.7. The van der Waals surface area contributed by atoms with Crippen LogP contribution in [0.1, 0.15) is 39.7 Å². The van der Waals surface area contributed by atoms with E-state index in [1.54, 1.807) is 17.4 Å². The van der Waals surface area contributed by atoms with Crippen molar-refractivity contribution in [2.24, 2.45) is 0 Å². The molecule has 0 bridgehead atoms. The Morgan fingerprint density at radius 3 is 2.58 bits per heavy atom. The molecular formula is C15H19FN2S. The molecule has 2 rings (SSSR count). The number of benzene rings is 1. The summed E-state index contributed by atoms with van der Waals surface area (Å²) in [5.41, 5.74) is 3.12. The molecule has 1 atom stereocenters. The largest absolute Gasteiger partial charge is 0.305 e. The first-order chi connectivity index (χ1) is 9.02. The maximum Gasteiger partial charge on any atom is 0.123 e. The van der Waals surface area contributed by atoms with E-state index in [1.165, 1.54) is 10.9 Å². The lowest BCUT2D eigenvalue weighted by atomic mass is 10.0. The summed E-state index contributed by atoms with van der Waals surface area (Å²) >= 11 is 1.70. The molecule has 0 saturated heterocycles. The third-order valence-electron chi connectivity index (χ3n) is 3.24. The van der Waals surface area contributed by atoms with Gasteiger partial charge in [0.15, 0.2) is 0 Å². The minimum absolute atomic E-state index is 0.0444. The first-order valence-corrected chi connectivity index (χ1v) is 7.28. The van der Waals surface area contributed by atoms with E-state index in [2.05, 4.69) is 24.1 Å². The molecule has 0 radical (unpaired) electrons. The molecule has 0 saturated carbocycles. The van der Waals surface area contributed by atoms with Gasteiger partial charge in [-0.2, -0.15) is 0 Å². The van der Waals surface area contributed by atoms with E-state index in [1.807, 2.05) is 19.9 Å². The number of rotatable bonds is 4. The van der Waals surface area contributed by atoms with Crippen molar-refractivity contribution in [3.05, 3.63) is 50.7 Å². The summed E-state index contributed by atoms with van der Waals surface area (Å²) in [5.74, 6) is -0.192. The highest BCUT2D eigenvalue weighted by molar-refractivity contribution is 7.11. The maximum atomic E-state index is 13.2. The molecule has 0 fully saturated rings. The van der Waals surface area contributed by atoms with Gasteiger partial charge in [-0.3, -0.25) is 0 Å². The van der Waals surface area contributed by atoms with Crippen LogP contribution in [0.2, 0.25) is 0 Å². The van der Waals surface area contributed by atoms with Gasteiger partial charge in [0.25, 0.3) is 0 Å². The summed E-state index contributed by atoms with van der Waals surface area (Å²) in [6.07, 6.45) is 0. The molecule has 1 unspecified atom stereocenters. The van der Waals surface area contributed by atoms with E-state index in [0.29, 0.717) is 0 Å². The van der Waals surface area contributed by atoms with Crippen molar-refractivity contribution in [1.82, 2.24) is 10.3 Å². The van der Waals surface area contributed by atoms with Gasteiger partial charge in [0.2, 0.25) is 0 Å². The second-order valence-electron chi connectivity index (χ2n) is 4.69. The van der Waals surface area contributed by atoms with Crippen LogP contribution in [0.4, 0.5) is 4.39 Å². The van der Waals surface area contributed by atoms with Crippen LogP contribution < -0.4 is 5.32 Å². The van der Waals surface area contributed by atoms with Gasteiger partial charge in [-0.05, 0) is 50.6 Å². The van der Waals surface area contributed by atoms with Gasteiger partial charge in [0.05, 0.1) is 11.7 Å². The number of aromatic nitrogens is 1. The molecule has 0 amide bonds. The van der Waals surface area contributed by atoms with Crippen molar-refractivity contribution < 1.29 is 4.39 Å².